The van der Waals surface area contributed by atoms with E-state index in [0.29, 0.717) is 24.1 Å². The highest BCUT2D eigenvalue weighted by Crippen LogP contribution is 2.20. The molecular weight excluding hydrogens is 292 g/mol. The number of carbonyl (C=O) groups excluding carboxylic acids is 2. The summed E-state index contributed by atoms with van der Waals surface area (Å²) in [4.78, 5) is 25.5. The van der Waals surface area contributed by atoms with E-state index in [0.717, 1.165) is 6.42 Å². The first-order valence-electron chi connectivity index (χ1n) is 8.62. The van der Waals surface area contributed by atoms with Crippen molar-refractivity contribution in [1.29, 1.82) is 0 Å². The van der Waals surface area contributed by atoms with Crippen molar-refractivity contribution in [3.8, 4) is 0 Å². The Morgan fingerprint density at radius 3 is 2.70 bits per heavy atom. The number of piperidine rings is 2. The Morgan fingerprint density at radius 2 is 1.87 bits per heavy atom. The van der Waals surface area contributed by atoms with Crippen LogP contribution in [0.1, 0.15) is 42.5 Å². The SMILES string of the molecule is O=C(NC(=O)c1ccccc1)OC[C@@H]1CCC[NH+]2CCCC[C@@H]12. The molecule has 0 radical (unpaired) electrons. The number of nitrogens with one attached hydrogen (secondary N) is 2. The summed E-state index contributed by atoms with van der Waals surface area (Å²) in [6, 6.07) is 9.33. The number of benzene rings is 1. The van der Waals surface area contributed by atoms with Crippen LogP contribution in [0.25, 0.3) is 0 Å². The molecule has 2 aliphatic rings. The number of ether oxygens (including phenoxy) is 1. The van der Waals surface area contributed by atoms with E-state index < -0.39 is 12.0 Å². The summed E-state index contributed by atoms with van der Waals surface area (Å²) in [5.74, 6) is 0.0146. The van der Waals surface area contributed by atoms with Gasteiger partial charge in [-0.25, -0.2) is 4.79 Å². The molecule has 0 saturated carbocycles. The van der Waals surface area contributed by atoms with Crippen LogP contribution >= 0.6 is 0 Å². The average Bonchev–Trinajstić information content (AvgIpc) is 2.60. The van der Waals surface area contributed by atoms with Crippen molar-refractivity contribution in [2.24, 2.45) is 5.92 Å². The second kappa shape index (κ2) is 7.59. The molecule has 5 heteroatoms. The number of rotatable bonds is 3. The molecule has 0 bridgehead atoms. The lowest BCUT2D eigenvalue weighted by molar-refractivity contribution is -0.940. The van der Waals surface area contributed by atoms with E-state index in [-0.39, 0.29) is 0 Å². The van der Waals surface area contributed by atoms with Crippen LogP contribution < -0.4 is 10.2 Å². The van der Waals surface area contributed by atoms with Crippen LogP contribution in [-0.4, -0.2) is 37.7 Å². The van der Waals surface area contributed by atoms with Crippen LogP contribution in [0.2, 0.25) is 0 Å². The summed E-state index contributed by atoms with van der Waals surface area (Å²) < 4.78 is 5.34. The predicted molar refractivity (Wildman–Crippen MR) is 86.3 cm³/mol. The van der Waals surface area contributed by atoms with Gasteiger partial charge in [-0.3, -0.25) is 10.1 Å². The Balaban J connectivity index is 1.47. The zero-order valence-corrected chi connectivity index (χ0v) is 13.4. The lowest BCUT2D eigenvalue weighted by Crippen LogP contribution is -3.18. The molecule has 2 heterocycles. The third-order valence-corrected chi connectivity index (χ3v) is 5.11. The van der Waals surface area contributed by atoms with E-state index in [2.05, 4.69) is 5.32 Å². The van der Waals surface area contributed by atoms with Crippen LogP contribution in [0, 0.1) is 5.92 Å². The second-order valence-electron chi connectivity index (χ2n) is 6.58. The fourth-order valence-electron chi connectivity index (χ4n) is 3.95. The zero-order valence-electron chi connectivity index (χ0n) is 13.4. The van der Waals surface area contributed by atoms with Crippen LogP contribution in [0.4, 0.5) is 4.79 Å². The van der Waals surface area contributed by atoms with E-state index in [9.17, 15) is 9.59 Å². The Hall–Kier alpha value is -1.88. The molecule has 0 aliphatic carbocycles. The van der Waals surface area contributed by atoms with Gasteiger partial charge < -0.3 is 9.64 Å². The summed E-state index contributed by atoms with van der Waals surface area (Å²) in [5, 5.41) is 2.30. The molecule has 0 aromatic heterocycles. The van der Waals surface area contributed by atoms with Gasteiger partial charge in [0.15, 0.2) is 0 Å². The first-order valence-corrected chi connectivity index (χ1v) is 8.62. The van der Waals surface area contributed by atoms with Crippen molar-refractivity contribution in [3.05, 3.63) is 35.9 Å². The van der Waals surface area contributed by atoms with Crippen LogP contribution in [-0.2, 0) is 4.74 Å². The fraction of sp³-hybridized carbons (Fsp3) is 0.556. The molecular formula is C18H25N2O3+. The fourth-order valence-corrected chi connectivity index (χ4v) is 3.95. The van der Waals surface area contributed by atoms with E-state index in [1.54, 1.807) is 29.2 Å². The molecule has 124 valence electrons. The second-order valence-corrected chi connectivity index (χ2v) is 6.58. The van der Waals surface area contributed by atoms with E-state index >= 15 is 0 Å². The molecule has 23 heavy (non-hydrogen) atoms. The molecule has 3 atom stereocenters. The van der Waals surface area contributed by atoms with Crippen LogP contribution in [0.5, 0.6) is 0 Å². The Labute approximate surface area is 137 Å². The Morgan fingerprint density at radius 1 is 1.09 bits per heavy atom. The molecule has 5 nitrogen and oxygen atoms in total. The number of amides is 2. The van der Waals surface area contributed by atoms with Gasteiger partial charge in [-0.05, 0) is 44.2 Å². The standard InChI is InChI=1S/C18H24N2O3/c21-17(14-7-2-1-3-8-14)19-18(22)23-13-15-9-6-12-20-11-5-4-10-16(15)20/h1-3,7-8,15-16H,4-6,9-13H2,(H,19,21,22)/p+1/t15-,16-/m0/s1. The summed E-state index contributed by atoms with van der Waals surface area (Å²) in [5.41, 5.74) is 0.463. The number of hydrogen-bond acceptors (Lipinski definition) is 3. The van der Waals surface area contributed by atoms with Gasteiger partial charge in [0.1, 0.15) is 6.61 Å². The average molecular weight is 317 g/mol. The van der Waals surface area contributed by atoms with E-state index in [1.165, 1.54) is 38.8 Å². The molecule has 2 aliphatic heterocycles. The van der Waals surface area contributed by atoms with Crippen molar-refractivity contribution >= 4 is 12.0 Å². The Bertz CT molecular complexity index is 544. The smallest absolute Gasteiger partial charge is 0.414 e. The zero-order chi connectivity index (χ0) is 16.1. The van der Waals surface area contributed by atoms with Gasteiger partial charge in [0.05, 0.1) is 19.1 Å². The highest BCUT2D eigenvalue weighted by atomic mass is 16.5. The lowest BCUT2D eigenvalue weighted by Gasteiger charge is -2.40. The van der Waals surface area contributed by atoms with Crippen LogP contribution in [0.15, 0.2) is 30.3 Å². The predicted octanol–water partition coefficient (Wildman–Crippen LogP) is 1.40. The van der Waals surface area contributed by atoms with E-state index in [1.807, 2.05) is 6.07 Å². The highest BCUT2D eigenvalue weighted by molar-refractivity contribution is 6.02. The molecule has 3 rings (SSSR count). The summed E-state index contributed by atoms with van der Waals surface area (Å²) >= 11 is 0. The maximum absolute atomic E-state index is 11.9. The lowest BCUT2D eigenvalue weighted by atomic mass is 9.84. The van der Waals surface area contributed by atoms with Crippen molar-refractivity contribution in [1.82, 2.24) is 5.32 Å². The van der Waals surface area contributed by atoms with Gasteiger partial charge in [-0.2, -0.15) is 0 Å². The van der Waals surface area contributed by atoms with Crippen molar-refractivity contribution < 1.29 is 19.2 Å². The van der Waals surface area contributed by atoms with Crippen molar-refractivity contribution in [3.63, 3.8) is 0 Å². The molecule has 1 aromatic rings. The number of fused-ring (bicyclic) bond motifs is 1. The first kappa shape index (κ1) is 16.0. The molecule has 1 unspecified atom stereocenters. The minimum absolute atomic E-state index is 0.413. The van der Waals surface area contributed by atoms with Gasteiger partial charge in [0.25, 0.3) is 5.91 Å². The van der Waals surface area contributed by atoms with Gasteiger partial charge in [0, 0.05) is 11.5 Å². The summed E-state index contributed by atoms with van der Waals surface area (Å²) in [7, 11) is 0. The third kappa shape index (κ3) is 4.10. The van der Waals surface area contributed by atoms with Crippen molar-refractivity contribution in [2.75, 3.05) is 19.7 Å². The summed E-state index contributed by atoms with van der Waals surface area (Å²) in [6.07, 6.45) is 5.50. The molecule has 2 fully saturated rings. The highest BCUT2D eigenvalue weighted by Gasteiger charge is 2.37. The quantitative estimate of drug-likeness (QED) is 0.886. The monoisotopic (exact) mass is 317 g/mol. The van der Waals surface area contributed by atoms with Gasteiger partial charge in [-0.15, -0.1) is 0 Å². The van der Waals surface area contributed by atoms with Crippen LogP contribution in [0.3, 0.4) is 0 Å². The first-order chi connectivity index (χ1) is 11.2. The number of imide groups is 1. The number of carbonyl (C=O) groups is 2. The molecule has 2 saturated heterocycles. The largest absolute Gasteiger partial charge is 0.449 e. The maximum atomic E-state index is 11.9. The molecule has 0 spiro atoms. The maximum Gasteiger partial charge on any atom is 0.414 e. The number of alkyl carbamates (subject to hydrolysis) is 1. The summed E-state index contributed by atoms with van der Waals surface area (Å²) in [6.45, 7) is 2.92. The minimum atomic E-state index is -0.637. The minimum Gasteiger partial charge on any atom is -0.449 e. The number of hydrogen-bond donors (Lipinski definition) is 2. The van der Waals surface area contributed by atoms with Gasteiger partial charge in [0.2, 0.25) is 0 Å². The van der Waals surface area contributed by atoms with Crippen molar-refractivity contribution in [2.45, 2.75) is 38.1 Å². The molecule has 2 amide bonds. The third-order valence-electron chi connectivity index (χ3n) is 5.11. The normalized spacial score (nSPS) is 26.9. The van der Waals surface area contributed by atoms with E-state index in [4.69, 9.17) is 4.74 Å². The number of quaternary nitrogens is 1. The van der Waals surface area contributed by atoms with Gasteiger partial charge >= 0.3 is 6.09 Å². The Kier molecular flexibility index (Phi) is 5.28. The molecule has 1 aromatic carbocycles. The van der Waals surface area contributed by atoms with Gasteiger partial charge in [-0.1, -0.05) is 18.2 Å². The topological polar surface area (TPSA) is 59.8 Å². The molecule has 2 N–H and O–H groups in total.